The Kier molecular flexibility index (Phi) is 5.18. The number of carbonyl (C=O) groups is 1. The van der Waals surface area contributed by atoms with Crippen molar-refractivity contribution in [2.45, 2.75) is 12.8 Å². The summed E-state index contributed by atoms with van der Waals surface area (Å²) in [5.74, 6) is -0.130. The van der Waals surface area contributed by atoms with Gasteiger partial charge in [0, 0.05) is 25.0 Å². The lowest BCUT2D eigenvalue weighted by Gasteiger charge is -2.21. The van der Waals surface area contributed by atoms with Gasteiger partial charge in [-0.05, 0) is 30.5 Å². The predicted molar refractivity (Wildman–Crippen MR) is 74.6 cm³/mol. The maximum atomic E-state index is 11.8. The van der Waals surface area contributed by atoms with E-state index in [1.165, 1.54) is 5.56 Å². The Morgan fingerprint density at radius 1 is 1.42 bits per heavy atom. The van der Waals surface area contributed by atoms with E-state index in [1.807, 2.05) is 18.2 Å². The molecule has 0 bridgehead atoms. The number of nitrogens with one attached hydrogen (secondary N) is 2. The fraction of sp³-hybridized carbons (Fsp3) is 0.500. The van der Waals surface area contributed by atoms with Crippen LogP contribution >= 0.6 is 0 Å². The highest BCUT2D eigenvalue weighted by molar-refractivity contribution is 5.93. The number of fused-ring (bicyclic) bond motifs is 1. The van der Waals surface area contributed by atoms with Crippen LogP contribution in [0.25, 0.3) is 0 Å². The van der Waals surface area contributed by atoms with Crippen molar-refractivity contribution in [2.75, 3.05) is 44.1 Å². The second-order valence-electron chi connectivity index (χ2n) is 4.46. The summed E-state index contributed by atoms with van der Waals surface area (Å²) in [6.45, 7) is 1.97. The lowest BCUT2D eigenvalue weighted by atomic mass is 10.0. The second-order valence-corrected chi connectivity index (χ2v) is 4.46. The van der Waals surface area contributed by atoms with Crippen molar-refractivity contribution in [1.29, 1.82) is 0 Å². The number of ether oxygens (including phenoxy) is 2. The van der Waals surface area contributed by atoms with Gasteiger partial charge in [-0.1, -0.05) is 6.07 Å². The molecule has 0 atom stereocenters. The highest BCUT2D eigenvalue weighted by Crippen LogP contribution is 2.28. The van der Waals surface area contributed by atoms with E-state index in [-0.39, 0.29) is 12.5 Å². The number of methoxy groups -OCH3 is 1. The maximum Gasteiger partial charge on any atom is 0.250 e. The number of anilines is 2. The zero-order valence-corrected chi connectivity index (χ0v) is 11.2. The van der Waals surface area contributed by atoms with Crippen LogP contribution in [0.1, 0.15) is 12.0 Å². The van der Waals surface area contributed by atoms with Gasteiger partial charge in [-0.2, -0.15) is 0 Å². The first kappa shape index (κ1) is 13.8. The van der Waals surface area contributed by atoms with Crippen LogP contribution in [0, 0.1) is 0 Å². The molecule has 0 unspecified atom stereocenters. The van der Waals surface area contributed by atoms with Crippen LogP contribution in [0.15, 0.2) is 18.2 Å². The normalized spacial score (nSPS) is 13.5. The highest BCUT2D eigenvalue weighted by Gasteiger charge is 2.13. The molecule has 0 aliphatic carbocycles. The summed E-state index contributed by atoms with van der Waals surface area (Å²) in [5, 5.41) is 6.24. The molecule has 5 heteroatoms. The molecule has 1 amide bonds. The first-order valence-electron chi connectivity index (χ1n) is 6.53. The number of rotatable bonds is 6. The smallest absolute Gasteiger partial charge is 0.250 e. The summed E-state index contributed by atoms with van der Waals surface area (Å²) in [7, 11) is 1.60. The Bertz CT molecular complexity index is 435. The van der Waals surface area contributed by atoms with Crippen LogP contribution in [-0.2, 0) is 20.7 Å². The van der Waals surface area contributed by atoms with Gasteiger partial charge in [-0.3, -0.25) is 4.79 Å². The summed E-state index contributed by atoms with van der Waals surface area (Å²) < 4.78 is 10.1. The Morgan fingerprint density at radius 2 is 2.32 bits per heavy atom. The molecule has 5 nitrogen and oxygen atoms in total. The van der Waals surface area contributed by atoms with E-state index >= 15 is 0 Å². The topological polar surface area (TPSA) is 59.6 Å². The van der Waals surface area contributed by atoms with Gasteiger partial charge in [0.15, 0.2) is 0 Å². The van der Waals surface area contributed by atoms with E-state index in [1.54, 1.807) is 7.11 Å². The van der Waals surface area contributed by atoms with Crippen molar-refractivity contribution in [3.8, 4) is 0 Å². The van der Waals surface area contributed by atoms with E-state index in [4.69, 9.17) is 9.47 Å². The monoisotopic (exact) mass is 264 g/mol. The van der Waals surface area contributed by atoms with E-state index < -0.39 is 0 Å². The molecule has 0 saturated carbocycles. The van der Waals surface area contributed by atoms with Gasteiger partial charge >= 0.3 is 0 Å². The molecule has 0 saturated heterocycles. The molecule has 0 aromatic heterocycles. The Balaban J connectivity index is 1.90. The molecular formula is C14H20N2O3. The van der Waals surface area contributed by atoms with Gasteiger partial charge in [0.05, 0.1) is 13.2 Å². The zero-order chi connectivity index (χ0) is 13.5. The molecule has 2 N–H and O–H groups in total. The molecule has 1 aliphatic rings. The van der Waals surface area contributed by atoms with E-state index in [0.717, 1.165) is 30.8 Å². The van der Waals surface area contributed by atoms with E-state index in [0.29, 0.717) is 13.2 Å². The third kappa shape index (κ3) is 3.94. The molecular weight excluding hydrogens is 244 g/mol. The minimum atomic E-state index is -0.130. The average Bonchev–Trinajstić information content (AvgIpc) is 2.44. The molecule has 19 heavy (non-hydrogen) atoms. The van der Waals surface area contributed by atoms with Crippen LogP contribution in [0.5, 0.6) is 0 Å². The van der Waals surface area contributed by atoms with Gasteiger partial charge in [0.1, 0.15) is 6.61 Å². The van der Waals surface area contributed by atoms with Gasteiger partial charge in [-0.15, -0.1) is 0 Å². The quantitative estimate of drug-likeness (QED) is 0.767. The van der Waals surface area contributed by atoms with E-state index in [9.17, 15) is 4.79 Å². The molecule has 0 radical (unpaired) electrons. The van der Waals surface area contributed by atoms with Crippen LogP contribution < -0.4 is 10.6 Å². The summed E-state index contributed by atoms with van der Waals surface area (Å²) in [4.78, 5) is 11.8. The number of carbonyl (C=O) groups excluding carboxylic acids is 1. The molecule has 1 aromatic rings. The Morgan fingerprint density at radius 3 is 3.16 bits per heavy atom. The number of amides is 1. The first-order chi connectivity index (χ1) is 9.31. The average molecular weight is 264 g/mol. The van der Waals surface area contributed by atoms with Gasteiger partial charge in [-0.25, -0.2) is 0 Å². The minimum absolute atomic E-state index is 0.0560. The predicted octanol–water partition coefficient (Wildman–Crippen LogP) is 1.65. The largest absolute Gasteiger partial charge is 0.385 e. The number of hydrogen-bond acceptors (Lipinski definition) is 4. The minimum Gasteiger partial charge on any atom is -0.385 e. The van der Waals surface area contributed by atoms with Gasteiger partial charge in [0.25, 0.3) is 0 Å². The van der Waals surface area contributed by atoms with Crippen molar-refractivity contribution < 1.29 is 14.3 Å². The van der Waals surface area contributed by atoms with Crippen molar-refractivity contribution in [2.24, 2.45) is 0 Å². The van der Waals surface area contributed by atoms with Crippen molar-refractivity contribution >= 4 is 17.3 Å². The maximum absolute atomic E-state index is 11.8. The number of benzene rings is 1. The molecule has 1 aromatic carbocycles. The molecule has 0 fully saturated rings. The Hall–Kier alpha value is -1.59. The standard InChI is InChI=1S/C14H20N2O3/c1-18-8-9-19-10-14(17)16-13-6-2-5-12-11(13)4-3-7-15-12/h2,5-6,15H,3-4,7-10H2,1H3,(H,16,17). The zero-order valence-electron chi connectivity index (χ0n) is 11.2. The summed E-state index contributed by atoms with van der Waals surface area (Å²) >= 11 is 0. The summed E-state index contributed by atoms with van der Waals surface area (Å²) in [6.07, 6.45) is 2.08. The van der Waals surface area contributed by atoms with Gasteiger partial charge < -0.3 is 20.1 Å². The lowest BCUT2D eigenvalue weighted by Crippen LogP contribution is -2.21. The lowest BCUT2D eigenvalue weighted by molar-refractivity contribution is -0.121. The van der Waals surface area contributed by atoms with Crippen LogP contribution in [0.4, 0.5) is 11.4 Å². The van der Waals surface area contributed by atoms with Crippen LogP contribution in [0.3, 0.4) is 0 Å². The first-order valence-corrected chi connectivity index (χ1v) is 6.53. The molecule has 1 aliphatic heterocycles. The third-order valence-electron chi connectivity index (χ3n) is 3.03. The third-order valence-corrected chi connectivity index (χ3v) is 3.03. The van der Waals surface area contributed by atoms with E-state index in [2.05, 4.69) is 10.6 Å². The fourth-order valence-corrected chi connectivity index (χ4v) is 2.12. The second kappa shape index (κ2) is 7.11. The van der Waals surface area contributed by atoms with Crippen molar-refractivity contribution in [1.82, 2.24) is 0 Å². The number of hydrogen-bond donors (Lipinski definition) is 2. The Labute approximate surface area is 113 Å². The molecule has 2 rings (SSSR count). The van der Waals surface area contributed by atoms with Crippen LogP contribution in [-0.4, -0.2) is 39.4 Å². The van der Waals surface area contributed by atoms with Crippen LogP contribution in [0.2, 0.25) is 0 Å². The van der Waals surface area contributed by atoms with Crippen molar-refractivity contribution in [3.05, 3.63) is 23.8 Å². The molecule has 0 spiro atoms. The highest BCUT2D eigenvalue weighted by atomic mass is 16.5. The summed E-state index contributed by atoms with van der Waals surface area (Å²) in [5.41, 5.74) is 3.17. The molecule has 104 valence electrons. The fourth-order valence-electron chi connectivity index (χ4n) is 2.12. The molecule has 1 heterocycles. The summed E-state index contributed by atoms with van der Waals surface area (Å²) in [6, 6.07) is 5.91. The van der Waals surface area contributed by atoms with Gasteiger partial charge in [0.2, 0.25) is 5.91 Å². The van der Waals surface area contributed by atoms with Crippen molar-refractivity contribution in [3.63, 3.8) is 0 Å². The SMILES string of the molecule is COCCOCC(=O)Nc1cccc2c1CCCN2.